The zero-order valence-corrected chi connectivity index (χ0v) is 22.1. The lowest BCUT2D eigenvalue weighted by molar-refractivity contribution is 0.414. The Hall–Kier alpha value is -2.92. The fraction of sp³-hybridized carbons (Fsp3) is 0.167. The van der Waals surface area contributed by atoms with Gasteiger partial charge in [-0.15, -0.1) is 0 Å². The fourth-order valence-electron chi connectivity index (χ4n) is 5.09. The molecule has 0 saturated carbocycles. The Kier molecular flexibility index (Phi) is 6.43. The lowest BCUT2D eigenvalue weighted by atomic mass is 9.83. The molecule has 6 rings (SSSR count). The lowest BCUT2D eigenvalue weighted by Crippen LogP contribution is -2.34. The van der Waals surface area contributed by atoms with Gasteiger partial charge in [-0.3, -0.25) is 0 Å². The molecule has 0 radical (unpaired) electrons. The van der Waals surface area contributed by atoms with Crippen molar-refractivity contribution in [2.75, 3.05) is 7.11 Å². The van der Waals surface area contributed by atoms with Crippen LogP contribution in [0, 0.1) is 0 Å². The minimum atomic E-state index is 0.0574. The SMILES string of the molecule is COc1ccc(C2=CSC3=NC4=C(CCCC4=Cc4ccc(Cl)cc4)C(c4ccc(Cl)cc4)N23)cc1. The molecule has 0 fully saturated rings. The lowest BCUT2D eigenvalue weighted by Gasteiger charge is -2.40. The summed E-state index contributed by atoms with van der Waals surface area (Å²) in [6, 6.07) is 24.6. The molecule has 2 heterocycles. The predicted molar refractivity (Wildman–Crippen MR) is 152 cm³/mol. The van der Waals surface area contributed by atoms with E-state index in [1.165, 1.54) is 16.7 Å². The Morgan fingerprint density at radius 3 is 2.31 bits per heavy atom. The van der Waals surface area contributed by atoms with Crippen LogP contribution >= 0.6 is 35.0 Å². The first-order valence-corrected chi connectivity index (χ1v) is 13.6. The summed E-state index contributed by atoms with van der Waals surface area (Å²) in [6.45, 7) is 0. The van der Waals surface area contributed by atoms with Gasteiger partial charge in [-0.05, 0) is 102 Å². The van der Waals surface area contributed by atoms with E-state index in [0.29, 0.717) is 0 Å². The van der Waals surface area contributed by atoms with Gasteiger partial charge in [0, 0.05) is 15.5 Å². The number of ether oxygens (including phenoxy) is 1. The first-order chi connectivity index (χ1) is 17.6. The summed E-state index contributed by atoms with van der Waals surface area (Å²) in [6.07, 6.45) is 5.38. The molecular formula is C30H24Cl2N2OS. The third-order valence-corrected chi connectivity index (χ3v) is 8.16. The van der Waals surface area contributed by atoms with Crippen molar-refractivity contribution in [2.24, 2.45) is 4.99 Å². The van der Waals surface area contributed by atoms with E-state index in [4.69, 9.17) is 32.9 Å². The minimum absolute atomic E-state index is 0.0574. The van der Waals surface area contributed by atoms with Crippen molar-refractivity contribution in [3.05, 3.63) is 122 Å². The monoisotopic (exact) mass is 530 g/mol. The topological polar surface area (TPSA) is 24.8 Å². The summed E-state index contributed by atoms with van der Waals surface area (Å²) in [4.78, 5) is 7.64. The van der Waals surface area contributed by atoms with Crippen molar-refractivity contribution < 1.29 is 4.74 Å². The van der Waals surface area contributed by atoms with E-state index in [2.05, 4.69) is 52.8 Å². The second-order valence-electron chi connectivity index (χ2n) is 9.02. The van der Waals surface area contributed by atoms with Gasteiger partial charge in [-0.1, -0.05) is 59.2 Å². The number of aliphatic imine (C=N–C) groups is 1. The van der Waals surface area contributed by atoms with Crippen LogP contribution in [-0.2, 0) is 0 Å². The highest BCUT2D eigenvalue weighted by Crippen LogP contribution is 2.51. The summed E-state index contributed by atoms with van der Waals surface area (Å²) >= 11 is 14.1. The van der Waals surface area contributed by atoms with Crippen LogP contribution in [0.2, 0.25) is 10.0 Å². The van der Waals surface area contributed by atoms with Gasteiger partial charge in [-0.25, -0.2) is 4.99 Å². The van der Waals surface area contributed by atoms with Gasteiger partial charge >= 0.3 is 0 Å². The molecule has 3 aromatic rings. The summed E-state index contributed by atoms with van der Waals surface area (Å²) in [7, 11) is 1.69. The highest BCUT2D eigenvalue weighted by atomic mass is 35.5. The first-order valence-electron chi connectivity index (χ1n) is 11.9. The van der Waals surface area contributed by atoms with Crippen LogP contribution in [0.4, 0.5) is 0 Å². The Morgan fingerprint density at radius 2 is 1.61 bits per heavy atom. The molecule has 2 aliphatic heterocycles. The Morgan fingerprint density at radius 1 is 0.917 bits per heavy atom. The standard InChI is InChI=1S/C30H24Cl2N2OS/c1-35-25-15-9-20(10-16-25)27-18-36-30-33-28-22(17-19-5-11-23(31)12-6-19)3-2-4-26(28)29(34(27)30)21-7-13-24(32)14-8-21/h5-18,29H,2-4H2,1H3. The number of nitrogens with zero attached hydrogens (tertiary/aromatic N) is 2. The summed E-state index contributed by atoms with van der Waals surface area (Å²) < 4.78 is 5.38. The average molecular weight is 532 g/mol. The third-order valence-electron chi connectivity index (χ3n) is 6.82. The van der Waals surface area contributed by atoms with Gasteiger partial charge in [0.2, 0.25) is 0 Å². The van der Waals surface area contributed by atoms with Crippen LogP contribution in [0.5, 0.6) is 5.75 Å². The number of fused-ring (bicyclic) bond motifs is 1. The molecule has 0 bridgehead atoms. The van der Waals surface area contributed by atoms with Crippen LogP contribution in [0.3, 0.4) is 0 Å². The number of amidine groups is 1. The van der Waals surface area contributed by atoms with E-state index >= 15 is 0 Å². The van der Waals surface area contributed by atoms with Crippen LogP contribution < -0.4 is 4.74 Å². The average Bonchev–Trinajstić information content (AvgIpc) is 3.33. The van der Waals surface area contributed by atoms with E-state index in [1.807, 2.05) is 36.4 Å². The Bertz CT molecular complexity index is 1420. The largest absolute Gasteiger partial charge is 0.497 e. The van der Waals surface area contributed by atoms with E-state index < -0.39 is 0 Å². The fourth-order valence-corrected chi connectivity index (χ4v) is 6.27. The van der Waals surface area contributed by atoms with Gasteiger partial charge < -0.3 is 9.64 Å². The highest BCUT2D eigenvalue weighted by Gasteiger charge is 2.40. The molecular weight excluding hydrogens is 507 g/mol. The van der Waals surface area contributed by atoms with Crippen LogP contribution in [-0.4, -0.2) is 17.2 Å². The van der Waals surface area contributed by atoms with E-state index in [9.17, 15) is 0 Å². The molecule has 1 atom stereocenters. The predicted octanol–water partition coefficient (Wildman–Crippen LogP) is 8.98. The van der Waals surface area contributed by atoms with E-state index in [-0.39, 0.29) is 6.04 Å². The van der Waals surface area contributed by atoms with Gasteiger partial charge in [-0.2, -0.15) is 0 Å². The number of methoxy groups -OCH3 is 1. The normalized spacial score (nSPS) is 20.1. The molecule has 3 nitrogen and oxygen atoms in total. The van der Waals surface area contributed by atoms with Gasteiger partial charge in [0.15, 0.2) is 5.17 Å². The number of hydrogen-bond acceptors (Lipinski definition) is 4. The second-order valence-corrected chi connectivity index (χ2v) is 10.7. The maximum Gasteiger partial charge on any atom is 0.174 e. The van der Waals surface area contributed by atoms with Crippen molar-refractivity contribution in [1.29, 1.82) is 0 Å². The molecule has 0 spiro atoms. The summed E-state index contributed by atoms with van der Waals surface area (Å²) in [5.41, 5.74) is 8.42. The third kappa shape index (κ3) is 4.39. The Balaban J connectivity index is 1.47. The minimum Gasteiger partial charge on any atom is -0.497 e. The quantitative estimate of drug-likeness (QED) is 0.336. The first kappa shape index (κ1) is 23.5. The van der Waals surface area contributed by atoms with Crippen molar-refractivity contribution in [2.45, 2.75) is 25.3 Å². The molecule has 1 unspecified atom stereocenters. The number of thioether (sulfide) groups is 1. The molecule has 1 aliphatic carbocycles. The molecule has 3 aromatic carbocycles. The molecule has 0 amide bonds. The second kappa shape index (κ2) is 9.85. The van der Waals surface area contributed by atoms with Crippen molar-refractivity contribution in [3.63, 3.8) is 0 Å². The zero-order chi connectivity index (χ0) is 24.6. The molecule has 180 valence electrons. The number of benzene rings is 3. The van der Waals surface area contributed by atoms with Crippen molar-refractivity contribution in [3.8, 4) is 5.75 Å². The molecule has 36 heavy (non-hydrogen) atoms. The molecule has 0 saturated heterocycles. The van der Waals surface area contributed by atoms with Crippen molar-refractivity contribution in [1.82, 2.24) is 4.90 Å². The zero-order valence-electron chi connectivity index (χ0n) is 19.7. The van der Waals surface area contributed by atoms with Crippen LogP contribution in [0.25, 0.3) is 11.8 Å². The number of halogens is 2. The van der Waals surface area contributed by atoms with Crippen molar-refractivity contribution >= 4 is 51.9 Å². The van der Waals surface area contributed by atoms with E-state index in [1.54, 1.807) is 18.9 Å². The maximum absolute atomic E-state index is 6.28. The highest BCUT2D eigenvalue weighted by molar-refractivity contribution is 8.16. The van der Waals surface area contributed by atoms with E-state index in [0.717, 1.165) is 62.7 Å². The Labute approximate surface area is 225 Å². The van der Waals surface area contributed by atoms with Gasteiger partial charge in [0.1, 0.15) is 5.75 Å². The van der Waals surface area contributed by atoms with Crippen LogP contribution in [0.15, 0.2) is 100 Å². The number of allylic oxidation sites excluding steroid dienone is 1. The maximum atomic E-state index is 6.28. The summed E-state index contributed by atoms with van der Waals surface area (Å²) in [5, 5.41) is 4.70. The van der Waals surface area contributed by atoms with Gasteiger partial charge in [0.25, 0.3) is 0 Å². The number of hydrogen-bond donors (Lipinski definition) is 0. The van der Waals surface area contributed by atoms with Gasteiger partial charge in [0.05, 0.1) is 24.5 Å². The molecule has 6 heteroatoms. The molecule has 0 aromatic heterocycles. The number of rotatable bonds is 4. The van der Waals surface area contributed by atoms with Crippen LogP contribution in [0.1, 0.15) is 42.0 Å². The summed E-state index contributed by atoms with van der Waals surface area (Å²) in [5.74, 6) is 0.848. The smallest absolute Gasteiger partial charge is 0.174 e. The molecule has 3 aliphatic rings. The molecule has 0 N–H and O–H groups in total.